The zero-order chi connectivity index (χ0) is 17.6. The van der Waals surface area contributed by atoms with E-state index in [1.807, 2.05) is 30.3 Å². The second kappa shape index (κ2) is 7.44. The quantitative estimate of drug-likeness (QED) is 0.750. The number of nitrogens with one attached hydrogen (secondary N) is 2. The van der Waals surface area contributed by atoms with Crippen molar-refractivity contribution < 1.29 is 9.53 Å². The molecular formula is C19H17N3O3. The summed E-state index contributed by atoms with van der Waals surface area (Å²) < 4.78 is 5.04. The van der Waals surface area contributed by atoms with Crippen molar-refractivity contribution in [1.29, 1.82) is 0 Å². The van der Waals surface area contributed by atoms with Gasteiger partial charge in [0.15, 0.2) is 0 Å². The number of hydrogen-bond donors (Lipinski definition) is 2. The minimum absolute atomic E-state index is 0.0701. The SMILES string of the molecule is COc1cc(CNC(=O)c2ccc(-c3ccccc3)[nH]c2=O)ccn1. The third-order valence-electron chi connectivity index (χ3n) is 3.70. The number of methoxy groups -OCH3 is 1. The lowest BCUT2D eigenvalue weighted by molar-refractivity contribution is 0.0949. The summed E-state index contributed by atoms with van der Waals surface area (Å²) in [5, 5.41) is 2.72. The van der Waals surface area contributed by atoms with Gasteiger partial charge in [0.05, 0.1) is 7.11 Å². The predicted octanol–water partition coefficient (Wildman–Crippen LogP) is 2.38. The van der Waals surface area contributed by atoms with Gasteiger partial charge in [0, 0.05) is 24.5 Å². The van der Waals surface area contributed by atoms with E-state index in [1.54, 1.807) is 24.4 Å². The van der Waals surface area contributed by atoms with Crippen LogP contribution in [-0.2, 0) is 6.54 Å². The molecule has 0 unspecified atom stereocenters. The molecule has 2 aromatic heterocycles. The number of rotatable bonds is 5. The highest BCUT2D eigenvalue weighted by Gasteiger charge is 2.11. The highest BCUT2D eigenvalue weighted by atomic mass is 16.5. The molecule has 0 aliphatic carbocycles. The second-order valence-electron chi connectivity index (χ2n) is 5.37. The molecule has 0 aliphatic heterocycles. The van der Waals surface area contributed by atoms with Crippen molar-refractivity contribution in [2.45, 2.75) is 6.54 Å². The number of ether oxygens (including phenoxy) is 1. The molecule has 25 heavy (non-hydrogen) atoms. The number of benzene rings is 1. The Labute approximate surface area is 144 Å². The van der Waals surface area contributed by atoms with E-state index in [0.717, 1.165) is 11.1 Å². The number of aromatic nitrogens is 2. The van der Waals surface area contributed by atoms with Crippen molar-refractivity contribution in [3.63, 3.8) is 0 Å². The summed E-state index contributed by atoms with van der Waals surface area (Å²) in [7, 11) is 1.53. The van der Waals surface area contributed by atoms with E-state index in [0.29, 0.717) is 11.6 Å². The van der Waals surface area contributed by atoms with Gasteiger partial charge in [-0.15, -0.1) is 0 Å². The van der Waals surface area contributed by atoms with Gasteiger partial charge in [0.1, 0.15) is 5.56 Å². The Morgan fingerprint density at radius 1 is 1.16 bits per heavy atom. The van der Waals surface area contributed by atoms with E-state index >= 15 is 0 Å². The van der Waals surface area contributed by atoms with Crippen molar-refractivity contribution in [2.75, 3.05) is 7.11 Å². The molecule has 0 fully saturated rings. The Kier molecular flexibility index (Phi) is 4.89. The van der Waals surface area contributed by atoms with Crippen LogP contribution in [-0.4, -0.2) is 23.0 Å². The van der Waals surface area contributed by atoms with Crippen LogP contribution in [0.4, 0.5) is 0 Å². The number of H-pyrrole nitrogens is 1. The van der Waals surface area contributed by atoms with Crippen LogP contribution < -0.4 is 15.6 Å². The maximum Gasteiger partial charge on any atom is 0.261 e. The van der Waals surface area contributed by atoms with Crippen LogP contribution in [0.1, 0.15) is 15.9 Å². The summed E-state index contributed by atoms with van der Waals surface area (Å²) in [6.07, 6.45) is 1.60. The number of nitrogens with zero attached hydrogens (tertiary/aromatic N) is 1. The van der Waals surface area contributed by atoms with E-state index in [4.69, 9.17) is 4.74 Å². The Balaban J connectivity index is 1.73. The predicted molar refractivity (Wildman–Crippen MR) is 94.5 cm³/mol. The minimum atomic E-state index is -0.434. The summed E-state index contributed by atoms with van der Waals surface area (Å²) in [5.41, 5.74) is 2.03. The molecule has 0 aliphatic rings. The van der Waals surface area contributed by atoms with Crippen LogP contribution in [0.25, 0.3) is 11.3 Å². The third-order valence-corrected chi connectivity index (χ3v) is 3.70. The van der Waals surface area contributed by atoms with E-state index < -0.39 is 11.5 Å². The average Bonchev–Trinajstić information content (AvgIpc) is 2.67. The molecule has 0 atom stereocenters. The molecule has 1 amide bonds. The maximum absolute atomic E-state index is 12.3. The number of amides is 1. The average molecular weight is 335 g/mol. The lowest BCUT2D eigenvalue weighted by atomic mass is 10.1. The van der Waals surface area contributed by atoms with Crippen LogP contribution >= 0.6 is 0 Å². The summed E-state index contributed by atoms with van der Waals surface area (Å²) in [6, 6.07) is 16.2. The maximum atomic E-state index is 12.3. The second-order valence-corrected chi connectivity index (χ2v) is 5.37. The van der Waals surface area contributed by atoms with Crippen molar-refractivity contribution in [2.24, 2.45) is 0 Å². The lowest BCUT2D eigenvalue weighted by Gasteiger charge is -2.07. The molecule has 3 rings (SSSR count). The highest BCUT2D eigenvalue weighted by Crippen LogP contribution is 2.14. The van der Waals surface area contributed by atoms with E-state index in [2.05, 4.69) is 15.3 Å². The van der Waals surface area contributed by atoms with E-state index in [-0.39, 0.29) is 12.1 Å². The molecule has 6 heteroatoms. The number of pyridine rings is 2. The molecule has 2 heterocycles. The van der Waals surface area contributed by atoms with Crippen molar-refractivity contribution >= 4 is 5.91 Å². The van der Waals surface area contributed by atoms with Crippen LogP contribution in [0.5, 0.6) is 5.88 Å². The number of carbonyl (C=O) groups excluding carboxylic acids is 1. The number of carbonyl (C=O) groups is 1. The molecular weight excluding hydrogens is 318 g/mol. The molecule has 126 valence electrons. The number of hydrogen-bond acceptors (Lipinski definition) is 4. The summed E-state index contributed by atoms with van der Waals surface area (Å²) in [4.78, 5) is 31.2. The normalized spacial score (nSPS) is 10.3. The van der Waals surface area contributed by atoms with Gasteiger partial charge < -0.3 is 15.0 Å². The first-order chi connectivity index (χ1) is 12.2. The Morgan fingerprint density at radius 2 is 1.96 bits per heavy atom. The lowest BCUT2D eigenvalue weighted by Crippen LogP contribution is -2.29. The highest BCUT2D eigenvalue weighted by molar-refractivity contribution is 5.94. The first-order valence-electron chi connectivity index (χ1n) is 7.73. The van der Waals surface area contributed by atoms with Gasteiger partial charge in [-0.05, 0) is 29.3 Å². The van der Waals surface area contributed by atoms with Crippen LogP contribution in [0.3, 0.4) is 0 Å². The molecule has 3 aromatic rings. The van der Waals surface area contributed by atoms with E-state index in [1.165, 1.54) is 13.2 Å². The fraction of sp³-hybridized carbons (Fsp3) is 0.105. The molecule has 2 N–H and O–H groups in total. The fourth-order valence-electron chi connectivity index (χ4n) is 2.39. The van der Waals surface area contributed by atoms with Crippen LogP contribution in [0.15, 0.2) is 65.6 Å². The van der Waals surface area contributed by atoms with E-state index in [9.17, 15) is 9.59 Å². The van der Waals surface area contributed by atoms with Crippen molar-refractivity contribution in [3.05, 3.63) is 82.3 Å². The third kappa shape index (κ3) is 3.92. The summed E-state index contributed by atoms with van der Waals surface area (Å²) in [6.45, 7) is 0.275. The smallest absolute Gasteiger partial charge is 0.261 e. The van der Waals surface area contributed by atoms with Crippen molar-refractivity contribution in [1.82, 2.24) is 15.3 Å². The summed E-state index contributed by atoms with van der Waals surface area (Å²) in [5.74, 6) is 0.0356. The topological polar surface area (TPSA) is 84.1 Å². The zero-order valence-electron chi connectivity index (χ0n) is 13.7. The molecule has 0 radical (unpaired) electrons. The van der Waals surface area contributed by atoms with Gasteiger partial charge in [0.25, 0.3) is 11.5 Å². The first-order valence-corrected chi connectivity index (χ1v) is 7.73. The monoisotopic (exact) mass is 335 g/mol. The van der Waals surface area contributed by atoms with Gasteiger partial charge in [-0.2, -0.15) is 0 Å². The van der Waals surface area contributed by atoms with Gasteiger partial charge in [-0.3, -0.25) is 9.59 Å². The molecule has 0 spiro atoms. The Hall–Kier alpha value is -3.41. The Morgan fingerprint density at radius 3 is 2.68 bits per heavy atom. The van der Waals surface area contributed by atoms with Gasteiger partial charge >= 0.3 is 0 Å². The van der Waals surface area contributed by atoms with Gasteiger partial charge in [-0.1, -0.05) is 30.3 Å². The Bertz CT molecular complexity index is 936. The summed E-state index contributed by atoms with van der Waals surface area (Å²) >= 11 is 0. The molecule has 0 saturated heterocycles. The van der Waals surface area contributed by atoms with Gasteiger partial charge in [0.2, 0.25) is 5.88 Å². The fourth-order valence-corrected chi connectivity index (χ4v) is 2.39. The first kappa shape index (κ1) is 16.4. The van der Waals surface area contributed by atoms with Crippen molar-refractivity contribution in [3.8, 4) is 17.1 Å². The van der Waals surface area contributed by atoms with Gasteiger partial charge in [-0.25, -0.2) is 4.98 Å². The molecule has 0 bridgehead atoms. The molecule has 6 nitrogen and oxygen atoms in total. The molecule has 1 aromatic carbocycles. The zero-order valence-corrected chi connectivity index (χ0v) is 13.7. The number of aromatic amines is 1. The standard InChI is InChI=1S/C19H17N3O3/c1-25-17-11-13(9-10-20-17)12-21-18(23)15-7-8-16(22-19(15)24)14-5-3-2-4-6-14/h2-11H,12H2,1H3,(H,21,23)(H,22,24). The van der Waals surface area contributed by atoms with Crippen LogP contribution in [0.2, 0.25) is 0 Å². The largest absolute Gasteiger partial charge is 0.481 e. The molecule has 0 saturated carbocycles. The minimum Gasteiger partial charge on any atom is -0.481 e. The van der Waals surface area contributed by atoms with Crippen LogP contribution in [0, 0.1) is 0 Å².